The van der Waals surface area contributed by atoms with Crippen molar-refractivity contribution in [1.82, 2.24) is 9.78 Å². The molecule has 28 heavy (non-hydrogen) atoms. The van der Waals surface area contributed by atoms with E-state index in [-0.39, 0.29) is 17.2 Å². The fourth-order valence-electron chi connectivity index (χ4n) is 2.72. The first kappa shape index (κ1) is 19.0. The summed E-state index contributed by atoms with van der Waals surface area (Å²) in [5, 5.41) is 6.86. The number of methoxy groups -OCH3 is 2. The maximum atomic E-state index is 12.6. The van der Waals surface area contributed by atoms with Crippen LogP contribution in [0.3, 0.4) is 0 Å². The van der Waals surface area contributed by atoms with Crippen LogP contribution in [0.1, 0.15) is 26.3 Å². The Labute approximate surface area is 161 Å². The second-order valence-electron chi connectivity index (χ2n) is 5.97. The van der Waals surface area contributed by atoms with Gasteiger partial charge in [-0.05, 0) is 29.8 Å². The lowest BCUT2D eigenvalue weighted by atomic mass is 10.1. The van der Waals surface area contributed by atoms with Gasteiger partial charge in [-0.1, -0.05) is 12.1 Å². The molecule has 0 saturated carbocycles. The average Bonchev–Trinajstić information content (AvgIpc) is 3.20. The first-order valence-corrected chi connectivity index (χ1v) is 8.45. The Morgan fingerprint density at radius 1 is 1.11 bits per heavy atom. The van der Waals surface area contributed by atoms with Crippen LogP contribution >= 0.6 is 0 Å². The zero-order valence-electron chi connectivity index (χ0n) is 15.5. The van der Waals surface area contributed by atoms with Gasteiger partial charge in [0.1, 0.15) is 0 Å². The number of primary amides is 1. The number of nitrogens with one attached hydrogen (secondary N) is 1. The summed E-state index contributed by atoms with van der Waals surface area (Å²) >= 11 is 0. The maximum Gasteiger partial charge on any atom is 0.255 e. The van der Waals surface area contributed by atoms with Crippen LogP contribution in [0.5, 0.6) is 11.5 Å². The molecule has 0 fully saturated rings. The average molecular weight is 380 g/mol. The van der Waals surface area contributed by atoms with Crippen molar-refractivity contribution in [3.63, 3.8) is 0 Å². The number of amides is 2. The molecule has 0 saturated heterocycles. The van der Waals surface area contributed by atoms with Gasteiger partial charge in [0.05, 0.1) is 32.0 Å². The van der Waals surface area contributed by atoms with Crippen LogP contribution in [0, 0.1) is 0 Å². The van der Waals surface area contributed by atoms with Crippen LogP contribution in [-0.2, 0) is 6.54 Å². The van der Waals surface area contributed by atoms with E-state index in [9.17, 15) is 9.59 Å². The van der Waals surface area contributed by atoms with Crippen LogP contribution < -0.4 is 20.5 Å². The van der Waals surface area contributed by atoms with Gasteiger partial charge in [0.25, 0.3) is 11.8 Å². The van der Waals surface area contributed by atoms with Gasteiger partial charge in [-0.15, -0.1) is 0 Å². The summed E-state index contributed by atoms with van der Waals surface area (Å²) in [6.45, 7) is 0.608. The van der Waals surface area contributed by atoms with Crippen molar-refractivity contribution in [1.29, 1.82) is 0 Å². The predicted octanol–water partition coefficient (Wildman–Crippen LogP) is 2.30. The number of nitrogens with zero attached hydrogens (tertiary/aromatic N) is 2. The fraction of sp³-hybridized carbons (Fsp3) is 0.150. The van der Waals surface area contributed by atoms with Gasteiger partial charge in [0, 0.05) is 24.0 Å². The van der Waals surface area contributed by atoms with E-state index in [0.717, 1.165) is 5.56 Å². The number of nitrogens with two attached hydrogens (primary N) is 1. The Morgan fingerprint density at radius 2 is 1.79 bits per heavy atom. The summed E-state index contributed by atoms with van der Waals surface area (Å²) in [5.74, 6) is -0.346. The molecular formula is C20H20N4O4. The van der Waals surface area contributed by atoms with Crippen molar-refractivity contribution in [3.05, 3.63) is 71.5 Å². The normalized spacial score (nSPS) is 10.4. The number of benzene rings is 2. The first-order chi connectivity index (χ1) is 13.5. The molecule has 3 rings (SSSR count). The molecule has 0 aliphatic heterocycles. The highest BCUT2D eigenvalue weighted by atomic mass is 16.5. The van der Waals surface area contributed by atoms with Gasteiger partial charge in [-0.3, -0.25) is 14.3 Å². The Balaban J connectivity index is 1.81. The highest BCUT2D eigenvalue weighted by Crippen LogP contribution is 2.33. The summed E-state index contributed by atoms with van der Waals surface area (Å²) in [6, 6.07) is 11.9. The van der Waals surface area contributed by atoms with Gasteiger partial charge in [-0.2, -0.15) is 5.10 Å². The molecule has 2 amide bonds. The van der Waals surface area contributed by atoms with E-state index in [0.29, 0.717) is 23.6 Å². The van der Waals surface area contributed by atoms with Gasteiger partial charge in [0.15, 0.2) is 11.5 Å². The van der Waals surface area contributed by atoms with Crippen LogP contribution in [0.4, 0.5) is 5.69 Å². The van der Waals surface area contributed by atoms with E-state index in [4.69, 9.17) is 15.2 Å². The largest absolute Gasteiger partial charge is 0.493 e. The number of aromatic nitrogens is 2. The molecule has 0 radical (unpaired) electrons. The van der Waals surface area contributed by atoms with Crippen molar-refractivity contribution in [3.8, 4) is 11.5 Å². The van der Waals surface area contributed by atoms with Crippen molar-refractivity contribution < 1.29 is 19.1 Å². The quantitative estimate of drug-likeness (QED) is 0.654. The zero-order valence-corrected chi connectivity index (χ0v) is 15.5. The number of carbonyl (C=O) groups is 2. The predicted molar refractivity (Wildman–Crippen MR) is 104 cm³/mol. The van der Waals surface area contributed by atoms with E-state index in [1.165, 1.54) is 26.4 Å². The molecule has 8 heteroatoms. The number of hydrogen-bond donors (Lipinski definition) is 2. The van der Waals surface area contributed by atoms with Crippen molar-refractivity contribution in [2.24, 2.45) is 5.73 Å². The minimum absolute atomic E-state index is 0.126. The lowest BCUT2D eigenvalue weighted by Gasteiger charge is -2.14. The highest BCUT2D eigenvalue weighted by Gasteiger charge is 2.17. The molecule has 3 aromatic rings. The van der Waals surface area contributed by atoms with E-state index in [1.807, 2.05) is 24.4 Å². The molecule has 8 nitrogen and oxygen atoms in total. The second-order valence-corrected chi connectivity index (χ2v) is 5.97. The maximum absolute atomic E-state index is 12.6. The molecule has 3 N–H and O–H groups in total. The lowest BCUT2D eigenvalue weighted by Crippen LogP contribution is -2.18. The molecule has 2 aromatic carbocycles. The molecule has 1 aromatic heterocycles. The number of ether oxygens (including phenoxy) is 2. The molecule has 0 aliphatic carbocycles. The van der Waals surface area contributed by atoms with Crippen LogP contribution in [0.25, 0.3) is 0 Å². The Morgan fingerprint density at radius 3 is 2.36 bits per heavy atom. The van der Waals surface area contributed by atoms with Crippen LogP contribution in [0.2, 0.25) is 0 Å². The number of hydrogen-bond acceptors (Lipinski definition) is 5. The summed E-state index contributed by atoms with van der Waals surface area (Å²) in [6.07, 6.45) is 3.57. The molecule has 1 heterocycles. The van der Waals surface area contributed by atoms with Gasteiger partial charge >= 0.3 is 0 Å². The number of rotatable bonds is 7. The molecule has 0 bridgehead atoms. The summed E-state index contributed by atoms with van der Waals surface area (Å²) < 4.78 is 12.2. The number of carbonyl (C=O) groups excluding carboxylic acids is 2. The van der Waals surface area contributed by atoms with Crippen molar-refractivity contribution in [2.45, 2.75) is 6.54 Å². The van der Waals surface area contributed by atoms with Crippen molar-refractivity contribution in [2.75, 3.05) is 19.5 Å². The second kappa shape index (κ2) is 8.26. The monoisotopic (exact) mass is 380 g/mol. The van der Waals surface area contributed by atoms with Gasteiger partial charge < -0.3 is 20.5 Å². The topological polar surface area (TPSA) is 108 Å². The first-order valence-electron chi connectivity index (χ1n) is 8.45. The van der Waals surface area contributed by atoms with E-state index in [2.05, 4.69) is 10.4 Å². The summed E-state index contributed by atoms with van der Waals surface area (Å²) in [7, 11) is 2.91. The molecule has 0 atom stereocenters. The Bertz CT molecular complexity index is 982. The third-order valence-corrected chi connectivity index (χ3v) is 4.16. The Hall–Kier alpha value is -3.81. The molecule has 0 spiro atoms. The fourth-order valence-corrected chi connectivity index (χ4v) is 2.72. The van der Waals surface area contributed by atoms with Gasteiger partial charge in [-0.25, -0.2) is 0 Å². The summed E-state index contributed by atoms with van der Waals surface area (Å²) in [4.78, 5) is 24.4. The van der Waals surface area contributed by atoms with E-state index >= 15 is 0 Å². The third-order valence-electron chi connectivity index (χ3n) is 4.16. The Kier molecular flexibility index (Phi) is 5.59. The third kappa shape index (κ3) is 4.12. The lowest BCUT2D eigenvalue weighted by molar-refractivity contribution is 0.100. The van der Waals surface area contributed by atoms with Crippen LogP contribution in [0.15, 0.2) is 54.9 Å². The van der Waals surface area contributed by atoms with Crippen LogP contribution in [-0.4, -0.2) is 35.8 Å². The standard InChI is InChI=1S/C20H20N4O4/c1-27-17-10-15(19(21)25)16(11-18(17)28-2)23-20(26)14-6-4-13(5-7-14)12-24-9-3-8-22-24/h3-11H,12H2,1-2H3,(H2,21,25)(H,23,26). The van der Waals surface area contributed by atoms with E-state index < -0.39 is 5.91 Å². The summed E-state index contributed by atoms with van der Waals surface area (Å²) in [5.41, 5.74) is 7.25. The van der Waals surface area contributed by atoms with Gasteiger partial charge in [0.2, 0.25) is 0 Å². The molecule has 0 aliphatic rings. The zero-order chi connectivity index (χ0) is 20.1. The van der Waals surface area contributed by atoms with Crippen molar-refractivity contribution >= 4 is 17.5 Å². The minimum atomic E-state index is -0.689. The molecule has 0 unspecified atom stereocenters. The molecule has 144 valence electrons. The van der Waals surface area contributed by atoms with E-state index in [1.54, 1.807) is 23.0 Å². The SMILES string of the molecule is COc1cc(NC(=O)c2ccc(Cn3cccn3)cc2)c(C(N)=O)cc1OC. The smallest absolute Gasteiger partial charge is 0.255 e. The molecular weight excluding hydrogens is 360 g/mol. The minimum Gasteiger partial charge on any atom is -0.493 e. The highest BCUT2D eigenvalue weighted by molar-refractivity contribution is 6.09. The number of anilines is 1.